The molecule has 4 aromatic rings. The van der Waals surface area contributed by atoms with E-state index in [-0.39, 0.29) is 22.3 Å². The lowest BCUT2D eigenvalue weighted by Crippen LogP contribution is -2.31. The number of furan rings is 1. The van der Waals surface area contributed by atoms with E-state index in [0.29, 0.717) is 33.7 Å². The number of methoxy groups -OCH3 is 3. The summed E-state index contributed by atoms with van der Waals surface area (Å²) in [5.74, 6) is 0.808. The minimum absolute atomic E-state index is 0.00995. The van der Waals surface area contributed by atoms with E-state index in [2.05, 4.69) is 4.98 Å². The van der Waals surface area contributed by atoms with Crippen LogP contribution in [0, 0.1) is 0 Å². The molecule has 0 saturated heterocycles. The van der Waals surface area contributed by atoms with Crippen LogP contribution in [0.3, 0.4) is 0 Å². The molecule has 2 heterocycles. The normalized spacial score (nSPS) is 11.1. The van der Waals surface area contributed by atoms with E-state index in [0.717, 1.165) is 0 Å². The van der Waals surface area contributed by atoms with Gasteiger partial charge < -0.3 is 18.6 Å². The Labute approximate surface area is 219 Å². The number of carbonyl (C=O) groups is 1. The maximum atomic E-state index is 13.6. The Bertz CT molecular complexity index is 1480. The summed E-state index contributed by atoms with van der Waals surface area (Å²) in [7, 11) is 0.483. The third kappa shape index (κ3) is 5.40. The number of hydrogen-bond acceptors (Lipinski definition) is 8. The highest BCUT2D eigenvalue weighted by Gasteiger charge is 2.27. The second-order valence-corrected chi connectivity index (χ2v) is 10.0. The number of benzene rings is 2. The molecule has 2 aromatic carbocycles. The predicted octanol–water partition coefficient (Wildman–Crippen LogP) is 5.03. The molecule has 4 rings (SSSR count). The highest BCUT2D eigenvalue weighted by molar-refractivity contribution is 7.91. The third-order valence-corrected chi connectivity index (χ3v) is 7.31. The van der Waals surface area contributed by atoms with Gasteiger partial charge in [0.15, 0.2) is 17.3 Å². The lowest BCUT2D eigenvalue weighted by atomic mass is 10.1. The van der Waals surface area contributed by atoms with Crippen molar-refractivity contribution in [3.8, 4) is 17.2 Å². The summed E-state index contributed by atoms with van der Waals surface area (Å²) < 4.78 is 47.8. The Morgan fingerprint density at radius 1 is 0.946 bits per heavy atom. The van der Waals surface area contributed by atoms with Gasteiger partial charge in [0.25, 0.3) is 5.91 Å². The van der Waals surface area contributed by atoms with Crippen LogP contribution in [0.25, 0.3) is 0 Å². The quantitative estimate of drug-likeness (QED) is 0.289. The van der Waals surface area contributed by atoms with E-state index in [1.165, 1.54) is 62.6 Å². The Morgan fingerprint density at radius 3 is 2.19 bits per heavy atom. The molecule has 0 N–H and O–H groups in total. The number of rotatable bonds is 9. The van der Waals surface area contributed by atoms with E-state index < -0.39 is 15.7 Å². The predicted molar refractivity (Wildman–Crippen MR) is 136 cm³/mol. The average Bonchev–Trinajstić information content (AvgIpc) is 3.43. The van der Waals surface area contributed by atoms with Gasteiger partial charge in [0, 0.05) is 11.2 Å². The number of halogens is 1. The van der Waals surface area contributed by atoms with Gasteiger partial charge in [-0.2, -0.15) is 0 Å². The molecule has 9 nitrogen and oxygen atoms in total. The van der Waals surface area contributed by atoms with Crippen LogP contribution in [0.5, 0.6) is 17.2 Å². The molecule has 0 saturated carbocycles. The Balaban J connectivity index is 1.71. The fourth-order valence-electron chi connectivity index (χ4n) is 3.62. The second kappa shape index (κ2) is 10.9. The number of nitrogens with zero attached hydrogens (tertiary/aromatic N) is 2. The molecule has 2 aromatic heterocycles. The molecular weight excluding hydrogens is 520 g/mol. The smallest absolute Gasteiger partial charge is 0.295 e. The number of anilines is 1. The molecule has 0 aliphatic rings. The first-order chi connectivity index (χ1) is 17.8. The maximum Gasteiger partial charge on any atom is 0.295 e. The largest absolute Gasteiger partial charge is 0.493 e. The van der Waals surface area contributed by atoms with Gasteiger partial charge in [-0.3, -0.25) is 9.69 Å². The zero-order valence-corrected chi connectivity index (χ0v) is 21.7. The van der Waals surface area contributed by atoms with Crippen LogP contribution in [0.15, 0.2) is 87.3 Å². The third-order valence-electron chi connectivity index (χ3n) is 5.42. The molecule has 0 fully saturated rings. The van der Waals surface area contributed by atoms with Crippen molar-refractivity contribution in [2.24, 2.45) is 0 Å². The fourth-order valence-corrected chi connectivity index (χ4v) is 4.92. The fraction of sp³-hybridized carbons (Fsp3) is 0.154. The average molecular weight is 543 g/mol. The van der Waals surface area contributed by atoms with Gasteiger partial charge in [0.05, 0.1) is 32.8 Å². The molecule has 37 heavy (non-hydrogen) atoms. The van der Waals surface area contributed by atoms with Crippen molar-refractivity contribution in [3.05, 3.63) is 89.3 Å². The Morgan fingerprint density at radius 2 is 1.62 bits per heavy atom. The molecule has 0 radical (unpaired) electrons. The summed E-state index contributed by atoms with van der Waals surface area (Å²) in [5, 5.41) is 0.0268. The molecule has 11 heteroatoms. The van der Waals surface area contributed by atoms with Crippen LogP contribution < -0.4 is 19.1 Å². The first-order valence-electron chi connectivity index (χ1n) is 10.9. The standard InChI is InChI=1S/C26H23ClN2O7S/c1-33-21-14-17(15-22(34-2)25(21)35-3)16-29(23-6-4-5-13-28-23)26(30)20-11-12-24(36-20)37(31,32)19-9-7-18(27)8-10-19/h4-15H,16H2,1-3H3. The summed E-state index contributed by atoms with van der Waals surface area (Å²) in [6.07, 6.45) is 1.55. The van der Waals surface area contributed by atoms with E-state index >= 15 is 0 Å². The number of hydrogen-bond donors (Lipinski definition) is 0. The minimum atomic E-state index is -4.00. The van der Waals surface area contributed by atoms with E-state index in [9.17, 15) is 13.2 Å². The summed E-state index contributed by atoms with van der Waals surface area (Å²) in [5.41, 5.74) is 0.647. The van der Waals surface area contributed by atoms with Gasteiger partial charge in [-0.15, -0.1) is 0 Å². The highest BCUT2D eigenvalue weighted by Crippen LogP contribution is 2.39. The zero-order chi connectivity index (χ0) is 26.6. The minimum Gasteiger partial charge on any atom is -0.493 e. The molecule has 0 aliphatic carbocycles. The van der Waals surface area contributed by atoms with Crippen molar-refractivity contribution >= 4 is 33.2 Å². The van der Waals surface area contributed by atoms with Gasteiger partial charge >= 0.3 is 0 Å². The molecule has 0 aliphatic heterocycles. The molecule has 1 amide bonds. The van der Waals surface area contributed by atoms with Crippen LogP contribution in [0.4, 0.5) is 5.82 Å². The van der Waals surface area contributed by atoms with Crippen molar-refractivity contribution in [3.63, 3.8) is 0 Å². The topological polar surface area (TPSA) is 108 Å². The van der Waals surface area contributed by atoms with E-state index in [4.69, 9.17) is 30.2 Å². The lowest BCUT2D eigenvalue weighted by Gasteiger charge is -2.22. The number of pyridine rings is 1. The highest BCUT2D eigenvalue weighted by atomic mass is 35.5. The zero-order valence-electron chi connectivity index (χ0n) is 20.2. The van der Waals surface area contributed by atoms with Crippen molar-refractivity contribution in [2.75, 3.05) is 26.2 Å². The van der Waals surface area contributed by atoms with Crippen LogP contribution in [-0.2, 0) is 16.4 Å². The molecule has 0 unspecified atom stereocenters. The van der Waals surface area contributed by atoms with Crippen molar-refractivity contribution in [2.45, 2.75) is 16.5 Å². The van der Waals surface area contributed by atoms with Gasteiger partial charge in [0.2, 0.25) is 20.7 Å². The number of sulfone groups is 1. The van der Waals surface area contributed by atoms with Crippen LogP contribution in [-0.4, -0.2) is 40.6 Å². The number of carbonyl (C=O) groups excluding carboxylic acids is 1. The van der Waals surface area contributed by atoms with Crippen LogP contribution in [0.1, 0.15) is 16.1 Å². The number of aromatic nitrogens is 1. The van der Waals surface area contributed by atoms with Crippen molar-refractivity contribution in [1.82, 2.24) is 4.98 Å². The Kier molecular flexibility index (Phi) is 7.70. The van der Waals surface area contributed by atoms with E-state index in [1.807, 2.05) is 0 Å². The number of ether oxygens (including phenoxy) is 3. The molecule has 0 atom stereocenters. The SMILES string of the molecule is COc1cc(CN(C(=O)c2ccc(S(=O)(=O)c3ccc(Cl)cc3)o2)c2ccccn2)cc(OC)c1OC. The molecular formula is C26H23ClN2O7S. The lowest BCUT2D eigenvalue weighted by molar-refractivity contribution is 0.0952. The monoisotopic (exact) mass is 542 g/mol. The van der Waals surface area contributed by atoms with Crippen molar-refractivity contribution < 1.29 is 31.8 Å². The molecule has 192 valence electrons. The van der Waals surface area contributed by atoms with Crippen molar-refractivity contribution in [1.29, 1.82) is 0 Å². The summed E-state index contributed by atoms with van der Waals surface area (Å²) in [6.45, 7) is 0.0481. The van der Waals surface area contributed by atoms with Crippen LogP contribution >= 0.6 is 11.6 Å². The van der Waals surface area contributed by atoms with Gasteiger partial charge in [-0.25, -0.2) is 13.4 Å². The first kappa shape index (κ1) is 26.1. The van der Waals surface area contributed by atoms with Crippen LogP contribution in [0.2, 0.25) is 5.02 Å². The number of amides is 1. The molecule has 0 bridgehead atoms. The maximum absolute atomic E-state index is 13.6. The first-order valence-corrected chi connectivity index (χ1v) is 12.8. The Hall–Kier alpha value is -4.02. The van der Waals surface area contributed by atoms with Gasteiger partial charge in [-0.1, -0.05) is 17.7 Å². The summed E-state index contributed by atoms with van der Waals surface area (Å²) in [4.78, 5) is 19.2. The van der Waals surface area contributed by atoms with Gasteiger partial charge in [-0.05, 0) is 66.2 Å². The van der Waals surface area contributed by atoms with Gasteiger partial charge in [0.1, 0.15) is 5.82 Å². The van der Waals surface area contributed by atoms with E-state index in [1.54, 1.807) is 36.5 Å². The molecule has 0 spiro atoms. The summed E-state index contributed by atoms with van der Waals surface area (Å²) in [6, 6.07) is 16.7. The second-order valence-electron chi connectivity index (χ2n) is 7.69. The summed E-state index contributed by atoms with van der Waals surface area (Å²) >= 11 is 5.87.